The highest BCUT2D eigenvalue weighted by molar-refractivity contribution is 5.67. The van der Waals surface area contributed by atoms with E-state index in [0.717, 1.165) is 18.8 Å². The van der Waals surface area contributed by atoms with Crippen molar-refractivity contribution in [1.82, 2.24) is 14.9 Å². The Balaban J connectivity index is 1.61. The third kappa shape index (κ3) is 4.60. The van der Waals surface area contributed by atoms with Crippen LogP contribution in [0.2, 0.25) is 0 Å². The van der Waals surface area contributed by atoms with E-state index in [9.17, 15) is 0 Å². The minimum Gasteiger partial charge on any atom is -0.437 e. The highest BCUT2D eigenvalue weighted by atomic mass is 16.5. The van der Waals surface area contributed by atoms with Crippen molar-refractivity contribution in [2.24, 2.45) is 0 Å². The number of aryl methyl sites for hydroxylation is 2. The average Bonchev–Trinajstić information content (AvgIpc) is 2.62. The SMILES string of the molecule is Cc1ccc(Oc2ncnc(NCCN3CCCCC3)c2N)cc1C. The summed E-state index contributed by atoms with van der Waals surface area (Å²) in [5, 5.41) is 3.31. The summed E-state index contributed by atoms with van der Waals surface area (Å²) in [5.41, 5.74) is 9.03. The van der Waals surface area contributed by atoms with Crippen LogP contribution in [0.15, 0.2) is 24.5 Å². The number of ether oxygens (including phenoxy) is 1. The van der Waals surface area contributed by atoms with Gasteiger partial charge in [0.05, 0.1) is 0 Å². The minimum absolute atomic E-state index is 0.388. The number of piperidine rings is 1. The fourth-order valence-electron chi connectivity index (χ4n) is 3.01. The largest absolute Gasteiger partial charge is 0.437 e. The summed E-state index contributed by atoms with van der Waals surface area (Å²) in [6.07, 6.45) is 5.42. The first-order valence-corrected chi connectivity index (χ1v) is 8.95. The zero-order valence-corrected chi connectivity index (χ0v) is 15.1. The zero-order chi connectivity index (χ0) is 17.6. The van der Waals surface area contributed by atoms with Crippen LogP contribution in [0.5, 0.6) is 11.6 Å². The number of anilines is 2. The summed E-state index contributed by atoms with van der Waals surface area (Å²) in [7, 11) is 0. The van der Waals surface area contributed by atoms with E-state index in [-0.39, 0.29) is 0 Å². The summed E-state index contributed by atoms with van der Waals surface area (Å²) >= 11 is 0. The Morgan fingerprint density at radius 3 is 2.68 bits per heavy atom. The Kier molecular flexibility index (Phi) is 5.71. The van der Waals surface area contributed by atoms with Gasteiger partial charge in [0, 0.05) is 13.1 Å². The van der Waals surface area contributed by atoms with Crippen molar-refractivity contribution in [3.8, 4) is 11.6 Å². The Morgan fingerprint density at radius 1 is 1.12 bits per heavy atom. The summed E-state index contributed by atoms with van der Waals surface area (Å²) < 4.78 is 5.86. The quantitative estimate of drug-likeness (QED) is 0.839. The lowest BCUT2D eigenvalue weighted by molar-refractivity contribution is 0.237. The molecule has 3 rings (SSSR count). The van der Waals surface area contributed by atoms with Crippen molar-refractivity contribution >= 4 is 11.5 Å². The van der Waals surface area contributed by atoms with E-state index >= 15 is 0 Å². The topological polar surface area (TPSA) is 76.3 Å². The van der Waals surface area contributed by atoms with Crippen LogP contribution in [0.3, 0.4) is 0 Å². The van der Waals surface area contributed by atoms with Gasteiger partial charge in [-0.25, -0.2) is 4.98 Å². The molecule has 0 unspecified atom stereocenters. The number of nitrogens with one attached hydrogen (secondary N) is 1. The second-order valence-electron chi connectivity index (χ2n) is 6.62. The number of rotatable bonds is 6. The molecule has 0 bridgehead atoms. The van der Waals surface area contributed by atoms with Crippen LogP contribution < -0.4 is 15.8 Å². The van der Waals surface area contributed by atoms with Crippen LogP contribution in [0, 0.1) is 13.8 Å². The van der Waals surface area contributed by atoms with Crippen molar-refractivity contribution in [2.75, 3.05) is 37.2 Å². The molecule has 1 aliphatic heterocycles. The molecule has 0 spiro atoms. The lowest BCUT2D eigenvalue weighted by Crippen LogP contribution is -2.33. The maximum absolute atomic E-state index is 6.19. The van der Waals surface area contributed by atoms with Gasteiger partial charge in [0.25, 0.3) is 0 Å². The van der Waals surface area contributed by atoms with Crippen LogP contribution in [0.1, 0.15) is 30.4 Å². The molecule has 25 heavy (non-hydrogen) atoms. The van der Waals surface area contributed by atoms with E-state index in [4.69, 9.17) is 10.5 Å². The normalized spacial score (nSPS) is 15.1. The Morgan fingerprint density at radius 2 is 1.92 bits per heavy atom. The molecule has 1 aromatic carbocycles. The van der Waals surface area contributed by atoms with Gasteiger partial charge in [0.2, 0.25) is 5.88 Å². The lowest BCUT2D eigenvalue weighted by Gasteiger charge is -2.26. The van der Waals surface area contributed by atoms with Crippen molar-refractivity contribution < 1.29 is 4.74 Å². The maximum Gasteiger partial charge on any atom is 0.248 e. The first-order chi connectivity index (χ1) is 12.1. The van der Waals surface area contributed by atoms with Crippen LogP contribution in [0.25, 0.3) is 0 Å². The number of hydrogen-bond acceptors (Lipinski definition) is 6. The predicted molar refractivity (Wildman–Crippen MR) is 101 cm³/mol. The molecule has 6 heteroatoms. The van der Waals surface area contributed by atoms with Gasteiger partial charge in [-0.2, -0.15) is 4.98 Å². The second kappa shape index (κ2) is 8.16. The summed E-state index contributed by atoms with van der Waals surface area (Å²) in [6.45, 7) is 8.30. The van der Waals surface area contributed by atoms with Crippen molar-refractivity contribution in [1.29, 1.82) is 0 Å². The van der Waals surface area contributed by atoms with Gasteiger partial charge in [0.15, 0.2) is 5.82 Å². The number of likely N-dealkylation sites (tertiary alicyclic amines) is 1. The highest BCUT2D eigenvalue weighted by Gasteiger charge is 2.12. The van der Waals surface area contributed by atoms with Gasteiger partial charge < -0.3 is 20.7 Å². The highest BCUT2D eigenvalue weighted by Crippen LogP contribution is 2.29. The first-order valence-electron chi connectivity index (χ1n) is 8.95. The average molecular weight is 341 g/mol. The van der Waals surface area contributed by atoms with E-state index in [1.54, 1.807) is 0 Å². The molecular weight excluding hydrogens is 314 g/mol. The number of hydrogen-bond donors (Lipinski definition) is 2. The van der Waals surface area contributed by atoms with Crippen LogP contribution in [-0.4, -0.2) is 41.0 Å². The Labute approximate surface area is 149 Å². The third-order valence-electron chi connectivity index (χ3n) is 4.71. The van der Waals surface area contributed by atoms with Crippen molar-refractivity contribution in [3.63, 3.8) is 0 Å². The molecule has 0 atom stereocenters. The van der Waals surface area contributed by atoms with Crippen LogP contribution in [-0.2, 0) is 0 Å². The van der Waals surface area contributed by atoms with Gasteiger partial charge >= 0.3 is 0 Å². The van der Waals surface area contributed by atoms with Gasteiger partial charge in [-0.05, 0) is 63.0 Å². The van der Waals surface area contributed by atoms with E-state index in [1.807, 2.05) is 18.2 Å². The molecule has 6 nitrogen and oxygen atoms in total. The third-order valence-corrected chi connectivity index (χ3v) is 4.71. The lowest BCUT2D eigenvalue weighted by atomic mass is 10.1. The van der Waals surface area contributed by atoms with Gasteiger partial charge in [-0.1, -0.05) is 12.5 Å². The van der Waals surface area contributed by atoms with E-state index in [1.165, 1.54) is 49.8 Å². The Bertz CT molecular complexity index is 713. The molecule has 1 fully saturated rings. The van der Waals surface area contributed by atoms with Gasteiger partial charge in [-0.15, -0.1) is 0 Å². The monoisotopic (exact) mass is 341 g/mol. The number of benzene rings is 1. The molecule has 1 aromatic heterocycles. The molecule has 3 N–H and O–H groups in total. The molecule has 1 saturated heterocycles. The number of nitrogens with two attached hydrogens (primary N) is 1. The minimum atomic E-state index is 0.388. The fraction of sp³-hybridized carbons (Fsp3) is 0.474. The van der Waals surface area contributed by atoms with Gasteiger partial charge in [0.1, 0.15) is 17.8 Å². The number of aromatic nitrogens is 2. The molecule has 0 radical (unpaired) electrons. The van der Waals surface area contributed by atoms with Crippen molar-refractivity contribution in [3.05, 3.63) is 35.7 Å². The van der Waals surface area contributed by atoms with Crippen LogP contribution >= 0.6 is 0 Å². The summed E-state index contributed by atoms with van der Waals surface area (Å²) in [4.78, 5) is 10.9. The first kappa shape index (κ1) is 17.5. The summed E-state index contributed by atoms with van der Waals surface area (Å²) in [5.74, 6) is 1.75. The number of nitrogens with zero attached hydrogens (tertiary/aromatic N) is 3. The molecular formula is C19H27N5O. The molecule has 0 aliphatic carbocycles. The summed E-state index contributed by atoms with van der Waals surface area (Å²) in [6, 6.07) is 5.94. The number of nitrogen functional groups attached to an aromatic ring is 1. The van der Waals surface area contributed by atoms with E-state index in [0.29, 0.717) is 17.4 Å². The molecule has 0 saturated carbocycles. The maximum atomic E-state index is 6.19. The van der Waals surface area contributed by atoms with Crippen molar-refractivity contribution in [2.45, 2.75) is 33.1 Å². The molecule has 134 valence electrons. The predicted octanol–water partition coefficient (Wildman–Crippen LogP) is 3.37. The van der Waals surface area contributed by atoms with Gasteiger partial charge in [-0.3, -0.25) is 0 Å². The standard InChI is InChI=1S/C19H27N5O/c1-14-6-7-16(12-15(14)2)25-19-17(20)18(22-13-23-19)21-8-11-24-9-4-3-5-10-24/h6-7,12-13H,3-5,8-11,20H2,1-2H3,(H,21,22,23). The second-order valence-corrected chi connectivity index (χ2v) is 6.62. The van der Waals surface area contributed by atoms with E-state index in [2.05, 4.69) is 34.0 Å². The zero-order valence-electron chi connectivity index (χ0n) is 15.1. The van der Waals surface area contributed by atoms with E-state index < -0.39 is 0 Å². The molecule has 2 heterocycles. The smallest absolute Gasteiger partial charge is 0.248 e. The molecule has 2 aromatic rings. The fourth-order valence-corrected chi connectivity index (χ4v) is 3.01. The molecule has 1 aliphatic rings. The molecule has 0 amide bonds. The Hall–Kier alpha value is -2.34. The van der Waals surface area contributed by atoms with Crippen LogP contribution in [0.4, 0.5) is 11.5 Å².